The van der Waals surface area contributed by atoms with Gasteiger partial charge in [0.25, 0.3) is 5.91 Å². The SMILES string of the molecule is CC1CC(=O)N(C)C12CN(CC(N)=O)C2=O. The maximum absolute atomic E-state index is 12.0. The Labute approximate surface area is 93.4 Å². The van der Waals surface area contributed by atoms with Gasteiger partial charge in [0.15, 0.2) is 0 Å². The van der Waals surface area contributed by atoms with Crippen molar-refractivity contribution in [3.8, 4) is 0 Å². The van der Waals surface area contributed by atoms with Gasteiger partial charge in [-0.15, -0.1) is 0 Å². The van der Waals surface area contributed by atoms with Crippen molar-refractivity contribution in [2.75, 3.05) is 20.1 Å². The van der Waals surface area contributed by atoms with Crippen molar-refractivity contribution in [2.24, 2.45) is 11.7 Å². The molecule has 0 aromatic heterocycles. The molecule has 2 aliphatic heterocycles. The zero-order valence-electron chi connectivity index (χ0n) is 9.40. The van der Waals surface area contributed by atoms with Crippen molar-refractivity contribution >= 4 is 17.7 Å². The summed E-state index contributed by atoms with van der Waals surface area (Å²) in [5.74, 6) is -0.698. The molecule has 2 aliphatic rings. The fraction of sp³-hybridized carbons (Fsp3) is 0.700. The van der Waals surface area contributed by atoms with Crippen LogP contribution in [0.15, 0.2) is 0 Å². The first-order valence-electron chi connectivity index (χ1n) is 5.24. The maximum Gasteiger partial charge on any atom is 0.251 e. The number of nitrogens with zero attached hydrogens (tertiary/aromatic N) is 2. The molecule has 2 fully saturated rings. The molecule has 6 heteroatoms. The van der Waals surface area contributed by atoms with Gasteiger partial charge in [0.1, 0.15) is 5.54 Å². The number of nitrogens with two attached hydrogens (primary N) is 1. The van der Waals surface area contributed by atoms with Crippen LogP contribution in [-0.4, -0.2) is 53.2 Å². The Hall–Kier alpha value is -1.59. The van der Waals surface area contributed by atoms with E-state index in [9.17, 15) is 14.4 Å². The Balaban J connectivity index is 2.16. The average molecular weight is 225 g/mol. The van der Waals surface area contributed by atoms with Crippen LogP contribution in [0.1, 0.15) is 13.3 Å². The zero-order chi connectivity index (χ0) is 12.1. The number of hydrogen-bond donors (Lipinski definition) is 1. The largest absolute Gasteiger partial charge is 0.368 e. The number of hydrogen-bond acceptors (Lipinski definition) is 3. The Morgan fingerprint density at radius 3 is 2.56 bits per heavy atom. The molecule has 2 rings (SSSR count). The minimum Gasteiger partial charge on any atom is -0.368 e. The van der Waals surface area contributed by atoms with Gasteiger partial charge in [0.05, 0.1) is 13.1 Å². The van der Waals surface area contributed by atoms with E-state index in [-0.39, 0.29) is 24.3 Å². The van der Waals surface area contributed by atoms with Crippen LogP contribution in [0.2, 0.25) is 0 Å². The predicted octanol–water partition coefficient (Wildman–Crippen LogP) is -1.45. The fourth-order valence-electron chi connectivity index (χ4n) is 2.67. The molecule has 88 valence electrons. The molecule has 16 heavy (non-hydrogen) atoms. The minimum atomic E-state index is -0.716. The number of primary amides is 1. The normalized spacial score (nSPS) is 33.5. The minimum absolute atomic E-state index is 0.00151. The highest BCUT2D eigenvalue weighted by Gasteiger charge is 2.63. The van der Waals surface area contributed by atoms with Crippen molar-refractivity contribution in [1.82, 2.24) is 9.80 Å². The van der Waals surface area contributed by atoms with Crippen LogP contribution in [-0.2, 0) is 14.4 Å². The van der Waals surface area contributed by atoms with E-state index in [0.29, 0.717) is 13.0 Å². The Kier molecular flexibility index (Phi) is 2.18. The number of carbonyl (C=O) groups excluding carboxylic acids is 3. The van der Waals surface area contributed by atoms with E-state index in [1.165, 1.54) is 9.80 Å². The lowest BCUT2D eigenvalue weighted by molar-refractivity contribution is -0.167. The fourth-order valence-corrected chi connectivity index (χ4v) is 2.67. The highest BCUT2D eigenvalue weighted by atomic mass is 16.2. The summed E-state index contributed by atoms with van der Waals surface area (Å²) in [5.41, 5.74) is 4.32. The number of rotatable bonds is 2. The summed E-state index contributed by atoms with van der Waals surface area (Å²) in [5, 5.41) is 0. The van der Waals surface area contributed by atoms with E-state index in [0.717, 1.165) is 0 Å². The van der Waals surface area contributed by atoms with Gasteiger partial charge in [-0.25, -0.2) is 0 Å². The molecule has 0 aliphatic carbocycles. The summed E-state index contributed by atoms with van der Waals surface area (Å²) in [7, 11) is 1.64. The molecule has 2 unspecified atom stereocenters. The van der Waals surface area contributed by atoms with Crippen molar-refractivity contribution < 1.29 is 14.4 Å². The summed E-state index contributed by atoms with van der Waals surface area (Å²) in [6.07, 6.45) is 0.395. The van der Waals surface area contributed by atoms with Crippen LogP contribution in [0.3, 0.4) is 0 Å². The quantitative estimate of drug-likeness (QED) is 0.584. The lowest BCUT2D eigenvalue weighted by Crippen LogP contribution is -2.74. The van der Waals surface area contributed by atoms with E-state index in [2.05, 4.69) is 0 Å². The van der Waals surface area contributed by atoms with Crippen LogP contribution < -0.4 is 5.73 Å². The van der Waals surface area contributed by atoms with Crippen LogP contribution in [0.4, 0.5) is 0 Å². The Bertz CT molecular complexity index is 382. The lowest BCUT2D eigenvalue weighted by atomic mass is 9.78. The monoisotopic (exact) mass is 225 g/mol. The summed E-state index contributed by atoms with van der Waals surface area (Å²) in [6.45, 7) is 2.24. The Morgan fingerprint density at radius 1 is 1.56 bits per heavy atom. The summed E-state index contributed by atoms with van der Waals surface area (Å²) in [4.78, 5) is 37.2. The van der Waals surface area contributed by atoms with Gasteiger partial charge in [0, 0.05) is 13.5 Å². The van der Waals surface area contributed by atoms with Crippen LogP contribution in [0.5, 0.6) is 0 Å². The summed E-state index contributed by atoms with van der Waals surface area (Å²) < 4.78 is 0. The van der Waals surface area contributed by atoms with E-state index in [1.807, 2.05) is 6.92 Å². The second-order valence-corrected chi connectivity index (χ2v) is 4.61. The van der Waals surface area contributed by atoms with Gasteiger partial charge in [-0.05, 0) is 5.92 Å². The second kappa shape index (κ2) is 3.20. The van der Waals surface area contributed by atoms with Gasteiger partial charge in [-0.2, -0.15) is 0 Å². The van der Waals surface area contributed by atoms with Crippen LogP contribution in [0.25, 0.3) is 0 Å². The third kappa shape index (κ3) is 1.15. The molecule has 2 N–H and O–H groups in total. The molecule has 0 radical (unpaired) electrons. The first-order chi connectivity index (χ1) is 7.39. The average Bonchev–Trinajstić information content (AvgIpc) is 2.41. The van der Waals surface area contributed by atoms with Gasteiger partial charge >= 0.3 is 0 Å². The highest BCUT2D eigenvalue weighted by Crippen LogP contribution is 2.42. The molecule has 2 saturated heterocycles. The highest BCUT2D eigenvalue weighted by molar-refractivity contribution is 6.01. The number of likely N-dealkylation sites (tertiary alicyclic amines) is 2. The molecule has 6 nitrogen and oxygen atoms in total. The zero-order valence-corrected chi connectivity index (χ0v) is 9.40. The topological polar surface area (TPSA) is 83.7 Å². The molecular formula is C10H15N3O3. The molecule has 0 bridgehead atoms. The third-order valence-electron chi connectivity index (χ3n) is 3.70. The standard InChI is InChI=1S/C10H15N3O3/c1-6-3-8(15)12(2)10(6)5-13(9(10)16)4-7(11)14/h6H,3-5H2,1-2H3,(H2,11,14). The van der Waals surface area contributed by atoms with Crippen molar-refractivity contribution in [3.63, 3.8) is 0 Å². The summed E-state index contributed by atoms with van der Waals surface area (Å²) >= 11 is 0. The van der Waals surface area contributed by atoms with E-state index in [4.69, 9.17) is 5.73 Å². The molecule has 0 aromatic carbocycles. The molecule has 2 heterocycles. The molecular weight excluding hydrogens is 210 g/mol. The maximum atomic E-state index is 12.0. The number of carbonyl (C=O) groups is 3. The molecule has 3 amide bonds. The third-order valence-corrected chi connectivity index (χ3v) is 3.70. The first kappa shape index (κ1) is 10.9. The second-order valence-electron chi connectivity index (χ2n) is 4.61. The van der Waals surface area contributed by atoms with Gasteiger partial charge < -0.3 is 15.5 Å². The van der Waals surface area contributed by atoms with E-state index in [1.54, 1.807) is 7.05 Å². The first-order valence-corrected chi connectivity index (χ1v) is 5.24. The lowest BCUT2D eigenvalue weighted by Gasteiger charge is -2.51. The van der Waals surface area contributed by atoms with Crippen molar-refractivity contribution in [2.45, 2.75) is 18.9 Å². The van der Waals surface area contributed by atoms with E-state index >= 15 is 0 Å². The van der Waals surface area contributed by atoms with Gasteiger partial charge in [0.2, 0.25) is 11.8 Å². The van der Waals surface area contributed by atoms with Gasteiger partial charge in [-0.3, -0.25) is 14.4 Å². The van der Waals surface area contributed by atoms with Crippen LogP contribution in [0, 0.1) is 5.92 Å². The predicted molar refractivity (Wildman–Crippen MR) is 55.1 cm³/mol. The molecule has 2 atom stereocenters. The molecule has 0 saturated carbocycles. The molecule has 0 aromatic rings. The number of amides is 3. The van der Waals surface area contributed by atoms with E-state index < -0.39 is 11.4 Å². The number of β-lactam (4-membered cyclic amide) rings is 1. The van der Waals surface area contributed by atoms with Gasteiger partial charge in [-0.1, -0.05) is 6.92 Å². The molecule has 1 spiro atoms. The summed E-state index contributed by atoms with van der Waals surface area (Å²) in [6, 6.07) is 0. The smallest absolute Gasteiger partial charge is 0.251 e. The Morgan fingerprint density at radius 2 is 2.19 bits per heavy atom. The number of likely N-dealkylation sites (N-methyl/N-ethyl adjacent to an activating group) is 1. The van der Waals surface area contributed by atoms with Crippen molar-refractivity contribution in [1.29, 1.82) is 0 Å². The van der Waals surface area contributed by atoms with Crippen LogP contribution >= 0.6 is 0 Å². The van der Waals surface area contributed by atoms with Crippen molar-refractivity contribution in [3.05, 3.63) is 0 Å².